The Kier molecular flexibility index (Phi) is 5.14. The first kappa shape index (κ1) is 18.6. The molecule has 1 aromatic carbocycles. The standard InChI is InChI=1S/C18H18FN5O3S/c19-14-5-1-2-6-16(14)28(25,26)24-9-3-4-13(12-24)10-17-22-18(23-27-17)15-11-20-7-8-21-15/h1-2,5-8,11,13H,3-4,9-10,12H2. The number of sulfonamides is 1. The summed E-state index contributed by atoms with van der Waals surface area (Å²) >= 11 is 0. The van der Waals surface area contributed by atoms with Crippen LogP contribution in [0.4, 0.5) is 4.39 Å². The Balaban J connectivity index is 1.48. The molecule has 0 spiro atoms. The first-order chi connectivity index (χ1) is 13.5. The van der Waals surface area contributed by atoms with Gasteiger partial charge in [-0.15, -0.1) is 0 Å². The second kappa shape index (κ2) is 7.72. The van der Waals surface area contributed by atoms with E-state index in [1.807, 2.05) is 0 Å². The molecule has 1 fully saturated rings. The van der Waals surface area contributed by atoms with E-state index in [0.29, 0.717) is 36.8 Å². The maximum Gasteiger partial charge on any atom is 0.245 e. The Bertz CT molecular complexity index is 1060. The molecule has 0 radical (unpaired) electrons. The molecular weight excluding hydrogens is 385 g/mol. The van der Waals surface area contributed by atoms with Crippen molar-refractivity contribution in [2.24, 2.45) is 5.92 Å². The van der Waals surface area contributed by atoms with Crippen LogP contribution in [0.2, 0.25) is 0 Å². The van der Waals surface area contributed by atoms with Gasteiger partial charge in [-0.1, -0.05) is 17.3 Å². The molecule has 0 bridgehead atoms. The average molecular weight is 403 g/mol. The molecule has 1 saturated heterocycles. The quantitative estimate of drug-likeness (QED) is 0.644. The van der Waals surface area contributed by atoms with Gasteiger partial charge in [0.2, 0.25) is 21.7 Å². The summed E-state index contributed by atoms with van der Waals surface area (Å²) in [7, 11) is -3.88. The summed E-state index contributed by atoms with van der Waals surface area (Å²) < 4.78 is 46.2. The van der Waals surface area contributed by atoms with Gasteiger partial charge in [0.05, 0.1) is 6.20 Å². The first-order valence-electron chi connectivity index (χ1n) is 8.87. The normalized spacial score (nSPS) is 18.2. The molecule has 1 unspecified atom stereocenters. The van der Waals surface area contributed by atoms with Gasteiger partial charge >= 0.3 is 0 Å². The summed E-state index contributed by atoms with van der Waals surface area (Å²) in [6.07, 6.45) is 6.58. The van der Waals surface area contributed by atoms with Crippen LogP contribution >= 0.6 is 0 Å². The molecule has 1 atom stereocenters. The maximum atomic E-state index is 14.0. The lowest BCUT2D eigenvalue weighted by Crippen LogP contribution is -2.40. The number of hydrogen-bond donors (Lipinski definition) is 0. The van der Waals surface area contributed by atoms with Crippen molar-refractivity contribution >= 4 is 10.0 Å². The lowest BCUT2D eigenvalue weighted by molar-refractivity contribution is 0.246. The number of piperidine rings is 1. The van der Waals surface area contributed by atoms with Crippen molar-refractivity contribution in [2.75, 3.05) is 13.1 Å². The second-order valence-corrected chi connectivity index (χ2v) is 8.51. The van der Waals surface area contributed by atoms with Crippen LogP contribution in [0.3, 0.4) is 0 Å². The molecule has 4 rings (SSSR count). The number of benzene rings is 1. The van der Waals surface area contributed by atoms with E-state index in [1.165, 1.54) is 34.9 Å². The smallest absolute Gasteiger partial charge is 0.245 e. The summed E-state index contributed by atoms with van der Waals surface area (Å²) in [5.74, 6) is 0.0196. The van der Waals surface area contributed by atoms with Crippen LogP contribution in [0.25, 0.3) is 11.5 Å². The highest BCUT2D eigenvalue weighted by molar-refractivity contribution is 7.89. The minimum Gasteiger partial charge on any atom is -0.339 e. The highest BCUT2D eigenvalue weighted by Gasteiger charge is 2.32. The lowest BCUT2D eigenvalue weighted by atomic mass is 9.96. The predicted molar refractivity (Wildman–Crippen MR) is 96.9 cm³/mol. The van der Waals surface area contributed by atoms with E-state index in [4.69, 9.17) is 4.52 Å². The van der Waals surface area contributed by atoms with Crippen molar-refractivity contribution in [2.45, 2.75) is 24.2 Å². The molecule has 28 heavy (non-hydrogen) atoms. The number of rotatable bonds is 5. The van der Waals surface area contributed by atoms with Gasteiger partial charge in [0.1, 0.15) is 16.4 Å². The van der Waals surface area contributed by atoms with Crippen molar-refractivity contribution in [3.63, 3.8) is 0 Å². The molecule has 0 N–H and O–H groups in total. The third-order valence-corrected chi connectivity index (χ3v) is 6.56. The van der Waals surface area contributed by atoms with Crippen molar-refractivity contribution in [3.05, 3.63) is 54.6 Å². The van der Waals surface area contributed by atoms with Crippen molar-refractivity contribution < 1.29 is 17.3 Å². The minimum absolute atomic E-state index is 0.00505. The van der Waals surface area contributed by atoms with Crippen LogP contribution in [0.1, 0.15) is 18.7 Å². The Labute approximate surface area is 161 Å². The number of halogens is 1. The van der Waals surface area contributed by atoms with Crippen molar-refractivity contribution in [1.82, 2.24) is 24.4 Å². The van der Waals surface area contributed by atoms with E-state index in [-0.39, 0.29) is 17.4 Å². The molecule has 0 aliphatic carbocycles. The Hall–Kier alpha value is -2.72. The van der Waals surface area contributed by atoms with E-state index < -0.39 is 15.8 Å². The van der Waals surface area contributed by atoms with Crippen LogP contribution in [0.5, 0.6) is 0 Å². The second-order valence-electron chi connectivity index (χ2n) is 6.61. The molecule has 2 aromatic heterocycles. The summed E-state index contributed by atoms with van der Waals surface area (Å²) in [4.78, 5) is 12.1. The van der Waals surface area contributed by atoms with Crippen LogP contribution in [-0.2, 0) is 16.4 Å². The summed E-state index contributed by atoms with van der Waals surface area (Å²) in [6, 6.07) is 5.43. The number of hydrogen-bond acceptors (Lipinski definition) is 7. The fraction of sp³-hybridized carbons (Fsp3) is 0.333. The van der Waals surface area contributed by atoms with Crippen LogP contribution in [0.15, 0.2) is 52.3 Å². The van der Waals surface area contributed by atoms with Crippen LogP contribution in [-0.4, -0.2) is 45.9 Å². The predicted octanol–water partition coefficient (Wildman–Crippen LogP) is 2.31. The maximum absolute atomic E-state index is 14.0. The zero-order chi connectivity index (χ0) is 19.6. The van der Waals surface area contributed by atoms with Gasteiger partial charge in [0.15, 0.2) is 0 Å². The van der Waals surface area contributed by atoms with E-state index in [9.17, 15) is 12.8 Å². The Morgan fingerprint density at radius 3 is 2.89 bits per heavy atom. The average Bonchev–Trinajstić information content (AvgIpc) is 3.17. The van der Waals surface area contributed by atoms with E-state index >= 15 is 0 Å². The molecule has 0 saturated carbocycles. The van der Waals surface area contributed by atoms with Gasteiger partial charge in [-0.2, -0.15) is 9.29 Å². The van der Waals surface area contributed by atoms with Crippen LogP contribution in [0, 0.1) is 11.7 Å². The Morgan fingerprint density at radius 1 is 1.25 bits per heavy atom. The summed E-state index contributed by atoms with van der Waals surface area (Å²) in [5, 5.41) is 3.91. The molecule has 8 nitrogen and oxygen atoms in total. The summed E-state index contributed by atoms with van der Waals surface area (Å²) in [5.41, 5.74) is 0.505. The van der Waals surface area contributed by atoms with Gasteiger partial charge in [0.25, 0.3) is 0 Å². The molecule has 3 aromatic rings. The number of nitrogens with zero attached hydrogens (tertiary/aromatic N) is 5. The van der Waals surface area contributed by atoms with E-state index in [2.05, 4.69) is 20.1 Å². The molecule has 10 heteroatoms. The van der Waals surface area contributed by atoms with E-state index in [1.54, 1.807) is 6.20 Å². The zero-order valence-electron chi connectivity index (χ0n) is 14.9. The fourth-order valence-electron chi connectivity index (χ4n) is 3.31. The monoisotopic (exact) mass is 403 g/mol. The van der Waals surface area contributed by atoms with Gasteiger partial charge in [-0.3, -0.25) is 4.98 Å². The van der Waals surface area contributed by atoms with Gasteiger partial charge < -0.3 is 4.52 Å². The molecule has 3 heterocycles. The van der Waals surface area contributed by atoms with Crippen LogP contribution < -0.4 is 0 Å². The van der Waals surface area contributed by atoms with Gasteiger partial charge in [-0.25, -0.2) is 17.8 Å². The first-order valence-corrected chi connectivity index (χ1v) is 10.3. The lowest BCUT2D eigenvalue weighted by Gasteiger charge is -2.31. The molecule has 146 valence electrons. The molecule has 0 amide bonds. The zero-order valence-corrected chi connectivity index (χ0v) is 15.7. The topological polar surface area (TPSA) is 102 Å². The van der Waals surface area contributed by atoms with Crippen molar-refractivity contribution in [3.8, 4) is 11.5 Å². The SMILES string of the molecule is O=S(=O)(c1ccccc1F)N1CCCC(Cc2nc(-c3cnccn3)no2)C1. The number of aromatic nitrogens is 4. The summed E-state index contributed by atoms with van der Waals surface area (Å²) in [6.45, 7) is 0.640. The molecule has 1 aliphatic rings. The third-order valence-electron chi connectivity index (χ3n) is 4.66. The molecule has 1 aliphatic heterocycles. The van der Waals surface area contributed by atoms with Gasteiger partial charge in [-0.05, 0) is 30.9 Å². The Morgan fingerprint density at radius 2 is 2.11 bits per heavy atom. The van der Waals surface area contributed by atoms with Gasteiger partial charge in [0, 0.05) is 31.9 Å². The highest BCUT2D eigenvalue weighted by atomic mass is 32.2. The third kappa shape index (κ3) is 3.78. The minimum atomic E-state index is -3.88. The fourth-order valence-corrected chi connectivity index (χ4v) is 4.93. The molecular formula is C18H18FN5O3S. The highest BCUT2D eigenvalue weighted by Crippen LogP contribution is 2.27. The largest absolute Gasteiger partial charge is 0.339 e. The van der Waals surface area contributed by atoms with E-state index in [0.717, 1.165) is 12.5 Å². The van der Waals surface area contributed by atoms with Crippen molar-refractivity contribution in [1.29, 1.82) is 0 Å².